The summed E-state index contributed by atoms with van der Waals surface area (Å²) in [4.78, 5) is 25.1. The van der Waals surface area contributed by atoms with Crippen LogP contribution >= 0.6 is 0 Å². The number of carbonyl (C=O) groups excluding carboxylic acids is 2. The van der Waals surface area contributed by atoms with Gasteiger partial charge in [0.1, 0.15) is 23.8 Å². The molecule has 0 aliphatic carbocycles. The Balaban J connectivity index is 1.49. The maximum Gasteiger partial charge on any atom is 0.323 e. The molecule has 0 heterocycles. The maximum absolute atomic E-state index is 13.9. The summed E-state index contributed by atoms with van der Waals surface area (Å²) in [6.07, 6.45) is 2.95. The Hall–Kier alpha value is -4.15. The van der Waals surface area contributed by atoms with Crippen LogP contribution in [0.1, 0.15) is 42.4 Å². The SMILES string of the molecule is COC(=O)C(Cc1ccc(O)cc1)NC(O)CCCCCNC(=O)/C(=C\c1ccc(F)cc1)c1ccc(F)c(F)c1. The lowest BCUT2D eigenvalue weighted by molar-refractivity contribution is -0.144. The van der Waals surface area contributed by atoms with Gasteiger partial charge in [-0.25, -0.2) is 13.2 Å². The van der Waals surface area contributed by atoms with E-state index >= 15 is 0 Å². The summed E-state index contributed by atoms with van der Waals surface area (Å²) in [6, 6.07) is 14.2. The third kappa shape index (κ3) is 10.1. The number of ether oxygens (including phenoxy) is 1. The number of esters is 1. The number of amides is 1. The van der Waals surface area contributed by atoms with Crippen LogP contribution in [0.4, 0.5) is 13.2 Å². The van der Waals surface area contributed by atoms with Crippen LogP contribution in [-0.4, -0.2) is 48.0 Å². The van der Waals surface area contributed by atoms with Gasteiger partial charge in [0.15, 0.2) is 11.6 Å². The molecule has 0 aromatic heterocycles. The second-order valence-electron chi connectivity index (χ2n) is 9.47. The number of methoxy groups -OCH3 is 1. The van der Waals surface area contributed by atoms with Gasteiger partial charge in [-0.05, 0) is 84.8 Å². The molecule has 0 spiro atoms. The molecule has 218 valence electrons. The molecule has 41 heavy (non-hydrogen) atoms. The van der Waals surface area contributed by atoms with E-state index in [1.54, 1.807) is 12.1 Å². The van der Waals surface area contributed by atoms with Crippen molar-refractivity contribution in [2.45, 2.75) is 44.4 Å². The van der Waals surface area contributed by atoms with Crippen molar-refractivity contribution in [2.24, 2.45) is 0 Å². The van der Waals surface area contributed by atoms with Gasteiger partial charge in [0.25, 0.3) is 5.91 Å². The van der Waals surface area contributed by atoms with Gasteiger partial charge in [-0.1, -0.05) is 36.8 Å². The van der Waals surface area contributed by atoms with Crippen LogP contribution < -0.4 is 10.6 Å². The number of nitrogens with one attached hydrogen (secondary N) is 2. The van der Waals surface area contributed by atoms with Crippen LogP contribution in [0.3, 0.4) is 0 Å². The highest BCUT2D eigenvalue weighted by Crippen LogP contribution is 2.21. The molecule has 1 amide bonds. The molecule has 0 saturated carbocycles. The van der Waals surface area contributed by atoms with Crippen molar-refractivity contribution in [1.82, 2.24) is 10.6 Å². The Kier molecular flexibility index (Phi) is 11.9. The molecule has 0 aliphatic heterocycles. The number of halogens is 3. The molecule has 3 rings (SSSR count). The van der Waals surface area contributed by atoms with Crippen LogP contribution in [0, 0.1) is 17.5 Å². The number of rotatable bonds is 14. The number of aliphatic hydroxyl groups is 1. The minimum atomic E-state index is -1.09. The second-order valence-corrected chi connectivity index (χ2v) is 9.47. The van der Waals surface area contributed by atoms with Gasteiger partial charge in [0, 0.05) is 12.1 Å². The number of benzene rings is 3. The van der Waals surface area contributed by atoms with E-state index in [0.29, 0.717) is 37.8 Å². The Morgan fingerprint density at radius 2 is 1.63 bits per heavy atom. The molecule has 7 nitrogen and oxygen atoms in total. The lowest BCUT2D eigenvalue weighted by atomic mass is 10.0. The minimum absolute atomic E-state index is 0.0950. The highest BCUT2D eigenvalue weighted by Gasteiger charge is 2.22. The van der Waals surface area contributed by atoms with Gasteiger partial charge in [-0.2, -0.15) is 0 Å². The van der Waals surface area contributed by atoms with Crippen molar-refractivity contribution in [3.8, 4) is 5.75 Å². The zero-order valence-corrected chi connectivity index (χ0v) is 22.6. The molecule has 0 saturated heterocycles. The van der Waals surface area contributed by atoms with Crippen molar-refractivity contribution in [1.29, 1.82) is 0 Å². The van der Waals surface area contributed by atoms with Crippen LogP contribution in [0.25, 0.3) is 11.6 Å². The average Bonchev–Trinajstić information content (AvgIpc) is 2.96. The number of aromatic hydroxyl groups is 1. The van der Waals surface area contributed by atoms with Crippen LogP contribution in [0.2, 0.25) is 0 Å². The largest absolute Gasteiger partial charge is 0.508 e. The maximum atomic E-state index is 13.9. The first-order valence-electron chi connectivity index (χ1n) is 13.2. The third-order valence-electron chi connectivity index (χ3n) is 6.35. The Labute approximate surface area is 236 Å². The first-order valence-corrected chi connectivity index (χ1v) is 13.2. The number of aliphatic hydroxyl groups excluding tert-OH is 1. The predicted molar refractivity (Wildman–Crippen MR) is 149 cm³/mol. The summed E-state index contributed by atoms with van der Waals surface area (Å²) in [7, 11) is 1.27. The number of hydrogen-bond donors (Lipinski definition) is 4. The van der Waals surface area contributed by atoms with Crippen LogP contribution in [0.15, 0.2) is 66.7 Å². The van der Waals surface area contributed by atoms with E-state index in [9.17, 15) is 33.0 Å². The molecule has 0 aliphatic rings. The highest BCUT2D eigenvalue weighted by molar-refractivity contribution is 6.24. The lowest BCUT2D eigenvalue weighted by Gasteiger charge is -2.21. The number of phenols is 1. The molecular weight excluding hydrogens is 537 g/mol. The molecule has 0 bridgehead atoms. The van der Waals surface area contributed by atoms with Crippen molar-refractivity contribution in [3.63, 3.8) is 0 Å². The average molecular weight is 571 g/mol. The molecule has 0 fully saturated rings. The summed E-state index contributed by atoms with van der Waals surface area (Å²) in [5.41, 5.74) is 1.56. The summed E-state index contributed by atoms with van der Waals surface area (Å²) < 4.78 is 45.5. The molecule has 4 N–H and O–H groups in total. The van der Waals surface area contributed by atoms with Crippen molar-refractivity contribution < 1.29 is 37.7 Å². The van der Waals surface area contributed by atoms with Crippen molar-refractivity contribution >= 4 is 23.5 Å². The Morgan fingerprint density at radius 3 is 2.29 bits per heavy atom. The zero-order valence-electron chi connectivity index (χ0n) is 22.6. The van der Waals surface area contributed by atoms with E-state index in [4.69, 9.17) is 4.74 Å². The molecule has 2 atom stereocenters. The van der Waals surface area contributed by atoms with E-state index in [0.717, 1.165) is 17.7 Å². The minimum Gasteiger partial charge on any atom is -0.508 e. The predicted octanol–water partition coefficient (Wildman–Crippen LogP) is 4.72. The molecule has 3 aromatic rings. The third-order valence-corrected chi connectivity index (χ3v) is 6.35. The van der Waals surface area contributed by atoms with E-state index in [2.05, 4.69) is 10.6 Å². The van der Waals surface area contributed by atoms with Crippen molar-refractivity contribution in [2.75, 3.05) is 13.7 Å². The van der Waals surface area contributed by atoms with E-state index in [1.165, 1.54) is 55.7 Å². The molecular formula is C31H33F3N2O5. The van der Waals surface area contributed by atoms with Crippen LogP contribution in [0.5, 0.6) is 5.75 Å². The topological polar surface area (TPSA) is 108 Å². The molecule has 2 unspecified atom stereocenters. The van der Waals surface area contributed by atoms with Gasteiger partial charge in [-0.3, -0.25) is 14.9 Å². The summed E-state index contributed by atoms with van der Waals surface area (Å²) in [6.45, 7) is 0.290. The number of unbranched alkanes of at least 4 members (excludes halogenated alkanes) is 2. The van der Waals surface area contributed by atoms with E-state index in [1.807, 2.05) is 0 Å². The first kappa shape index (κ1) is 31.4. The number of hydrogen-bond acceptors (Lipinski definition) is 6. The molecule has 3 aromatic carbocycles. The normalized spacial score (nSPS) is 13.0. The molecule has 10 heteroatoms. The van der Waals surface area contributed by atoms with E-state index in [-0.39, 0.29) is 23.3 Å². The molecule has 0 radical (unpaired) electrons. The van der Waals surface area contributed by atoms with Gasteiger partial charge in [0.2, 0.25) is 0 Å². The van der Waals surface area contributed by atoms with E-state index < -0.39 is 41.6 Å². The zero-order chi connectivity index (χ0) is 29.8. The number of carbonyl (C=O) groups is 2. The van der Waals surface area contributed by atoms with Gasteiger partial charge in [0.05, 0.1) is 7.11 Å². The Morgan fingerprint density at radius 1 is 0.927 bits per heavy atom. The van der Waals surface area contributed by atoms with Gasteiger partial charge in [-0.15, -0.1) is 0 Å². The highest BCUT2D eigenvalue weighted by atomic mass is 19.2. The lowest BCUT2D eigenvalue weighted by Crippen LogP contribution is -2.45. The summed E-state index contributed by atoms with van der Waals surface area (Å²) >= 11 is 0. The fraction of sp³-hybridized carbons (Fsp3) is 0.290. The Bertz CT molecular complexity index is 1330. The number of phenolic OH excluding ortho intramolecular Hbond substituents is 1. The monoisotopic (exact) mass is 570 g/mol. The van der Waals surface area contributed by atoms with Crippen LogP contribution in [-0.2, 0) is 20.7 Å². The van der Waals surface area contributed by atoms with Crippen molar-refractivity contribution in [3.05, 3.63) is 101 Å². The second kappa shape index (κ2) is 15.6. The smallest absolute Gasteiger partial charge is 0.323 e. The van der Waals surface area contributed by atoms with Gasteiger partial charge >= 0.3 is 5.97 Å². The fourth-order valence-corrected chi connectivity index (χ4v) is 4.14. The quantitative estimate of drug-likeness (QED) is 0.0735. The summed E-state index contributed by atoms with van der Waals surface area (Å²) in [5.74, 6) is -3.49. The first-order chi connectivity index (χ1) is 19.7. The standard InChI is InChI=1S/C31H33F3N2O5/c1-41-31(40)28(18-21-8-13-24(37)14-9-21)36-29(38)5-3-2-4-16-35-30(39)25(17-20-6-11-23(32)12-7-20)22-10-15-26(33)27(34)19-22/h6-15,17,19,28-29,36-38H,2-5,16,18H2,1H3,(H,35,39)/b25-17-. The fourth-order valence-electron chi connectivity index (χ4n) is 4.14. The van der Waals surface area contributed by atoms with Gasteiger partial charge < -0.3 is 20.3 Å². The summed E-state index contributed by atoms with van der Waals surface area (Å²) in [5, 5.41) is 25.5.